The third kappa shape index (κ3) is 3.54. The lowest BCUT2D eigenvalue weighted by atomic mass is 10.3. The summed E-state index contributed by atoms with van der Waals surface area (Å²) >= 11 is 3.03. The zero-order valence-corrected chi connectivity index (χ0v) is 11.6. The summed E-state index contributed by atoms with van der Waals surface area (Å²) in [6, 6.07) is 7.82. The minimum Gasteiger partial charge on any atom is -0.356 e. The molecule has 0 spiro atoms. The van der Waals surface area contributed by atoms with Crippen LogP contribution in [0.2, 0.25) is 0 Å². The Bertz CT molecular complexity index is 497. The molecule has 0 aliphatic heterocycles. The third-order valence-electron chi connectivity index (χ3n) is 2.14. The molecule has 0 aromatic carbocycles. The first-order valence-corrected chi connectivity index (χ1v) is 7.43. The maximum atomic E-state index is 11.3. The van der Waals surface area contributed by atoms with E-state index in [0.29, 0.717) is 12.3 Å². The number of amides is 1. The van der Waals surface area contributed by atoms with Crippen molar-refractivity contribution in [1.29, 1.82) is 0 Å². The topological polar surface area (TPSA) is 54.9 Å². The Hall–Kier alpha value is -1.40. The predicted octanol–water partition coefficient (Wildman–Crippen LogP) is 2.43. The van der Waals surface area contributed by atoms with Crippen LogP contribution in [0.5, 0.6) is 0 Å². The van der Waals surface area contributed by atoms with Crippen molar-refractivity contribution >= 4 is 29.0 Å². The number of nitrogens with zero attached hydrogens (tertiary/aromatic N) is 2. The fourth-order valence-corrected chi connectivity index (χ4v) is 2.67. The maximum absolute atomic E-state index is 11.3. The number of carbonyl (C=O) groups is 1. The molecule has 6 heteroatoms. The molecule has 0 aliphatic rings. The van der Waals surface area contributed by atoms with Crippen molar-refractivity contribution in [2.24, 2.45) is 0 Å². The van der Waals surface area contributed by atoms with Gasteiger partial charge in [-0.25, -0.2) is 0 Å². The van der Waals surface area contributed by atoms with Gasteiger partial charge in [0.2, 0.25) is 5.91 Å². The molecule has 0 radical (unpaired) electrons. The molecule has 0 saturated heterocycles. The zero-order valence-electron chi connectivity index (χ0n) is 9.92. The summed E-state index contributed by atoms with van der Waals surface area (Å²) in [6.45, 7) is 2.56. The molecule has 0 bridgehead atoms. The first kappa shape index (κ1) is 13.0. The molecular formula is C12H13N3OS2. The average Bonchev–Trinajstić information content (AvgIpc) is 2.91. The normalized spacial score (nSPS) is 10.3. The summed E-state index contributed by atoms with van der Waals surface area (Å²) in [6.07, 6.45) is 0. The first-order valence-electron chi connectivity index (χ1n) is 5.56. The standard InChI is InChI=1S/C12H13N3OS2/c1-2-13-11(16)8-18-12-6-5-9(14-15-12)10-4-3-7-17-10/h3-7H,2,8H2,1H3,(H,13,16). The quantitative estimate of drug-likeness (QED) is 0.854. The van der Waals surface area contributed by atoms with Gasteiger partial charge in [0.15, 0.2) is 0 Å². The van der Waals surface area contributed by atoms with Gasteiger partial charge in [-0.3, -0.25) is 4.79 Å². The van der Waals surface area contributed by atoms with Crippen LogP contribution in [0.25, 0.3) is 10.6 Å². The summed E-state index contributed by atoms with van der Waals surface area (Å²) in [5.74, 6) is 0.396. The molecule has 18 heavy (non-hydrogen) atoms. The van der Waals surface area contributed by atoms with Crippen LogP contribution in [0.3, 0.4) is 0 Å². The van der Waals surface area contributed by atoms with Crippen molar-refractivity contribution in [3.05, 3.63) is 29.6 Å². The van der Waals surface area contributed by atoms with Crippen LogP contribution in [-0.4, -0.2) is 28.4 Å². The molecule has 1 N–H and O–H groups in total. The highest BCUT2D eigenvalue weighted by atomic mass is 32.2. The second kappa shape index (κ2) is 6.51. The van der Waals surface area contributed by atoms with E-state index >= 15 is 0 Å². The Labute approximate surface area is 114 Å². The number of rotatable bonds is 5. The summed E-state index contributed by atoms with van der Waals surface area (Å²) in [5, 5.41) is 13.8. The molecule has 2 rings (SSSR count). The van der Waals surface area contributed by atoms with Crippen molar-refractivity contribution in [2.45, 2.75) is 11.9 Å². The number of aromatic nitrogens is 2. The van der Waals surface area contributed by atoms with Gasteiger partial charge >= 0.3 is 0 Å². The zero-order chi connectivity index (χ0) is 12.8. The molecule has 4 nitrogen and oxygen atoms in total. The first-order chi connectivity index (χ1) is 8.79. The second-order valence-corrected chi connectivity index (χ2v) is 5.42. The lowest BCUT2D eigenvalue weighted by molar-refractivity contribution is -0.118. The van der Waals surface area contributed by atoms with E-state index in [0.717, 1.165) is 15.6 Å². The summed E-state index contributed by atoms with van der Waals surface area (Å²) in [5.41, 5.74) is 0.868. The Balaban J connectivity index is 1.94. The molecule has 94 valence electrons. The highest BCUT2D eigenvalue weighted by molar-refractivity contribution is 7.99. The van der Waals surface area contributed by atoms with Crippen LogP contribution < -0.4 is 5.32 Å². The third-order valence-corrected chi connectivity index (χ3v) is 3.95. The molecule has 0 unspecified atom stereocenters. The smallest absolute Gasteiger partial charge is 0.230 e. The molecule has 0 aliphatic carbocycles. The minimum atomic E-state index is 0.0200. The van der Waals surface area contributed by atoms with Crippen LogP contribution in [0.1, 0.15) is 6.92 Å². The van der Waals surface area contributed by atoms with Gasteiger partial charge in [-0.1, -0.05) is 17.8 Å². The molecule has 2 aromatic rings. The van der Waals surface area contributed by atoms with Crippen molar-refractivity contribution in [3.8, 4) is 10.6 Å². The molecule has 0 saturated carbocycles. The van der Waals surface area contributed by atoms with Gasteiger partial charge in [-0.15, -0.1) is 21.5 Å². The van der Waals surface area contributed by atoms with Gasteiger partial charge in [-0.05, 0) is 30.5 Å². The van der Waals surface area contributed by atoms with Crippen molar-refractivity contribution < 1.29 is 4.79 Å². The fourth-order valence-electron chi connectivity index (χ4n) is 1.34. The largest absolute Gasteiger partial charge is 0.356 e. The number of thiophene rings is 1. The molecule has 2 heterocycles. The molecule has 0 atom stereocenters. The molecule has 0 fully saturated rings. The van der Waals surface area contributed by atoms with Crippen LogP contribution in [0.15, 0.2) is 34.7 Å². The van der Waals surface area contributed by atoms with E-state index in [9.17, 15) is 4.79 Å². The van der Waals surface area contributed by atoms with Crippen LogP contribution >= 0.6 is 23.1 Å². The minimum absolute atomic E-state index is 0.0200. The van der Waals surface area contributed by atoms with Crippen molar-refractivity contribution in [3.63, 3.8) is 0 Å². The van der Waals surface area contributed by atoms with E-state index in [1.165, 1.54) is 11.8 Å². The molecule has 2 aromatic heterocycles. The number of hydrogen-bond donors (Lipinski definition) is 1. The van der Waals surface area contributed by atoms with E-state index in [1.807, 2.05) is 36.6 Å². The Morgan fingerprint density at radius 2 is 2.28 bits per heavy atom. The lowest BCUT2D eigenvalue weighted by Crippen LogP contribution is -2.24. The van der Waals surface area contributed by atoms with Crippen molar-refractivity contribution in [2.75, 3.05) is 12.3 Å². The van der Waals surface area contributed by atoms with Crippen molar-refractivity contribution in [1.82, 2.24) is 15.5 Å². The lowest BCUT2D eigenvalue weighted by Gasteiger charge is -2.01. The Kier molecular flexibility index (Phi) is 4.72. The van der Waals surface area contributed by atoms with E-state index in [-0.39, 0.29) is 5.91 Å². The number of thioether (sulfide) groups is 1. The number of nitrogens with one attached hydrogen (secondary N) is 1. The highest BCUT2D eigenvalue weighted by Gasteiger charge is 2.05. The van der Waals surface area contributed by atoms with Crippen LogP contribution in [0, 0.1) is 0 Å². The summed E-state index contributed by atoms with van der Waals surface area (Å²) in [7, 11) is 0. The van der Waals surface area contributed by atoms with E-state index < -0.39 is 0 Å². The second-order valence-electron chi connectivity index (χ2n) is 3.48. The van der Waals surface area contributed by atoms with Gasteiger partial charge < -0.3 is 5.32 Å². The van der Waals surface area contributed by atoms with Crippen LogP contribution in [0.4, 0.5) is 0 Å². The van der Waals surface area contributed by atoms with Gasteiger partial charge in [0, 0.05) is 6.54 Å². The monoisotopic (exact) mass is 279 g/mol. The fraction of sp³-hybridized carbons (Fsp3) is 0.250. The number of carbonyl (C=O) groups excluding carboxylic acids is 1. The molecular weight excluding hydrogens is 266 g/mol. The SMILES string of the molecule is CCNC(=O)CSc1ccc(-c2cccs2)nn1. The van der Waals surface area contributed by atoms with E-state index in [1.54, 1.807) is 11.3 Å². The maximum Gasteiger partial charge on any atom is 0.230 e. The summed E-state index contributed by atoms with van der Waals surface area (Å²) < 4.78 is 0. The highest BCUT2D eigenvalue weighted by Crippen LogP contribution is 2.23. The van der Waals surface area contributed by atoms with E-state index in [2.05, 4.69) is 15.5 Å². The van der Waals surface area contributed by atoms with Gasteiger partial charge in [0.1, 0.15) is 10.7 Å². The Morgan fingerprint density at radius 3 is 2.89 bits per heavy atom. The summed E-state index contributed by atoms with van der Waals surface area (Å²) in [4.78, 5) is 12.4. The van der Waals surface area contributed by atoms with Gasteiger partial charge in [0.05, 0.1) is 10.6 Å². The number of hydrogen-bond acceptors (Lipinski definition) is 5. The Morgan fingerprint density at radius 1 is 1.39 bits per heavy atom. The van der Waals surface area contributed by atoms with Crippen LogP contribution in [-0.2, 0) is 4.79 Å². The van der Waals surface area contributed by atoms with Gasteiger partial charge in [-0.2, -0.15) is 0 Å². The van der Waals surface area contributed by atoms with Gasteiger partial charge in [0.25, 0.3) is 0 Å². The molecule has 1 amide bonds. The van der Waals surface area contributed by atoms with E-state index in [4.69, 9.17) is 0 Å². The predicted molar refractivity (Wildman–Crippen MR) is 74.8 cm³/mol. The average molecular weight is 279 g/mol.